The van der Waals surface area contributed by atoms with Crippen LogP contribution in [-0.4, -0.2) is 30.4 Å². The molecule has 6 nitrogen and oxygen atoms in total. The molecule has 1 heterocycles. The molecule has 0 unspecified atom stereocenters. The Labute approximate surface area is 149 Å². The third-order valence-corrected chi connectivity index (χ3v) is 7.65. The molecule has 24 heavy (non-hydrogen) atoms. The smallest absolute Gasteiger partial charge is 0.264 e. The van der Waals surface area contributed by atoms with Crippen molar-refractivity contribution in [3.05, 3.63) is 52.5 Å². The number of anilines is 1. The molecule has 3 rings (SSSR count). The van der Waals surface area contributed by atoms with Gasteiger partial charge in [0.2, 0.25) is 10.0 Å². The molecule has 1 aliphatic heterocycles. The fourth-order valence-electron chi connectivity index (χ4n) is 2.62. The second kappa shape index (κ2) is 6.14. The summed E-state index contributed by atoms with van der Waals surface area (Å²) in [5.41, 5.74) is 1.22. The van der Waals surface area contributed by atoms with Gasteiger partial charge in [0.1, 0.15) is 0 Å². The molecule has 0 fully saturated rings. The maximum Gasteiger partial charge on any atom is 0.264 e. The summed E-state index contributed by atoms with van der Waals surface area (Å²) in [5, 5.41) is 0. The third-order valence-electron chi connectivity index (χ3n) is 3.88. The van der Waals surface area contributed by atoms with Crippen LogP contribution >= 0.6 is 15.9 Å². The normalized spacial score (nSPS) is 14.7. The van der Waals surface area contributed by atoms with E-state index in [4.69, 9.17) is 0 Å². The highest BCUT2D eigenvalue weighted by Gasteiger charge is 2.31. The topological polar surface area (TPSA) is 83.6 Å². The van der Waals surface area contributed by atoms with Crippen LogP contribution in [0.15, 0.2) is 56.7 Å². The van der Waals surface area contributed by atoms with Gasteiger partial charge in [-0.15, -0.1) is 0 Å². The van der Waals surface area contributed by atoms with E-state index in [9.17, 15) is 16.8 Å². The zero-order valence-corrected chi connectivity index (χ0v) is 15.9. The van der Waals surface area contributed by atoms with Crippen molar-refractivity contribution in [3.63, 3.8) is 0 Å². The van der Waals surface area contributed by atoms with E-state index in [1.165, 1.54) is 35.6 Å². The van der Waals surface area contributed by atoms with Crippen LogP contribution in [0.25, 0.3) is 0 Å². The molecule has 128 valence electrons. The van der Waals surface area contributed by atoms with Crippen LogP contribution in [0.5, 0.6) is 0 Å². The SMILES string of the molecule is CNS(=O)(=O)c1ccc2c(c1)CCN2S(=O)(=O)c1ccc(Br)cc1. The quantitative estimate of drug-likeness (QED) is 0.804. The van der Waals surface area contributed by atoms with Crippen LogP contribution in [0.2, 0.25) is 0 Å². The average Bonchev–Trinajstić information content (AvgIpc) is 2.99. The van der Waals surface area contributed by atoms with Crippen molar-refractivity contribution in [2.24, 2.45) is 0 Å². The minimum absolute atomic E-state index is 0.131. The second-order valence-corrected chi connectivity index (χ2v) is 9.94. The molecule has 1 aliphatic rings. The molecule has 0 aromatic heterocycles. The zero-order chi connectivity index (χ0) is 17.5. The van der Waals surface area contributed by atoms with E-state index >= 15 is 0 Å². The Bertz CT molecular complexity index is 987. The van der Waals surface area contributed by atoms with Gasteiger partial charge in [-0.1, -0.05) is 15.9 Å². The highest BCUT2D eigenvalue weighted by Crippen LogP contribution is 2.34. The van der Waals surface area contributed by atoms with Gasteiger partial charge in [0.15, 0.2) is 0 Å². The predicted molar refractivity (Wildman–Crippen MR) is 95.1 cm³/mol. The number of hydrogen-bond acceptors (Lipinski definition) is 4. The van der Waals surface area contributed by atoms with Crippen molar-refractivity contribution in [2.45, 2.75) is 16.2 Å². The summed E-state index contributed by atoms with van der Waals surface area (Å²) < 4.78 is 53.8. The molecule has 0 amide bonds. The second-order valence-electron chi connectivity index (χ2n) is 5.28. The molecule has 0 radical (unpaired) electrons. The van der Waals surface area contributed by atoms with Crippen molar-refractivity contribution in [1.29, 1.82) is 0 Å². The summed E-state index contributed by atoms with van der Waals surface area (Å²) in [7, 11) is -5.89. The number of hydrogen-bond donors (Lipinski definition) is 1. The van der Waals surface area contributed by atoms with Crippen LogP contribution in [0.4, 0.5) is 5.69 Å². The van der Waals surface area contributed by atoms with E-state index in [-0.39, 0.29) is 16.3 Å². The summed E-state index contributed by atoms with van der Waals surface area (Å²) in [5.74, 6) is 0. The molecular weight excluding hydrogens is 416 g/mol. The van der Waals surface area contributed by atoms with Crippen molar-refractivity contribution in [1.82, 2.24) is 4.72 Å². The Balaban J connectivity index is 2.02. The Morgan fingerprint density at radius 1 is 1.00 bits per heavy atom. The monoisotopic (exact) mass is 430 g/mol. The van der Waals surface area contributed by atoms with E-state index < -0.39 is 20.0 Å². The fourth-order valence-corrected chi connectivity index (χ4v) is 5.16. The molecule has 0 aliphatic carbocycles. The Morgan fingerprint density at radius 2 is 1.62 bits per heavy atom. The number of halogens is 1. The van der Waals surface area contributed by atoms with Gasteiger partial charge >= 0.3 is 0 Å². The molecule has 0 spiro atoms. The van der Waals surface area contributed by atoms with Crippen LogP contribution in [-0.2, 0) is 26.5 Å². The van der Waals surface area contributed by atoms with Gasteiger partial charge in [0, 0.05) is 11.0 Å². The largest absolute Gasteiger partial charge is 0.266 e. The summed E-state index contributed by atoms with van der Waals surface area (Å²) in [6.07, 6.45) is 0.470. The Hall–Kier alpha value is -1.42. The molecule has 0 bridgehead atoms. The maximum absolute atomic E-state index is 12.8. The first-order chi connectivity index (χ1) is 11.3. The summed E-state index contributed by atoms with van der Waals surface area (Å²) in [4.78, 5) is 0.331. The Morgan fingerprint density at radius 3 is 2.25 bits per heavy atom. The third kappa shape index (κ3) is 2.97. The molecular formula is C15H15BrN2O4S2. The molecule has 0 saturated heterocycles. The number of nitrogens with zero attached hydrogens (tertiary/aromatic N) is 1. The van der Waals surface area contributed by atoms with Crippen molar-refractivity contribution in [2.75, 3.05) is 17.9 Å². The van der Waals surface area contributed by atoms with E-state index in [1.54, 1.807) is 18.2 Å². The maximum atomic E-state index is 12.8. The van der Waals surface area contributed by atoms with E-state index in [2.05, 4.69) is 20.7 Å². The molecule has 0 atom stereocenters. The van der Waals surface area contributed by atoms with E-state index in [0.29, 0.717) is 17.7 Å². The number of rotatable bonds is 4. The van der Waals surface area contributed by atoms with Gasteiger partial charge in [0.05, 0.1) is 15.5 Å². The van der Waals surface area contributed by atoms with Crippen molar-refractivity contribution in [3.8, 4) is 0 Å². The van der Waals surface area contributed by atoms with Crippen LogP contribution in [0.3, 0.4) is 0 Å². The first kappa shape index (κ1) is 17.4. The van der Waals surface area contributed by atoms with Crippen molar-refractivity contribution < 1.29 is 16.8 Å². The minimum Gasteiger partial charge on any atom is -0.266 e. The van der Waals surface area contributed by atoms with Gasteiger partial charge in [-0.2, -0.15) is 0 Å². The Kier molecular flexibility index (Phi) is 4.45. The van der Waals surface area contributed by atoms with Gasteiger partial charge in [-0.25, -0.2) is 21.6 Å². The molecule has 2 aromatic rings. The lowest BCUT2D eigenvalue weighted by atomic mass is 10.2. The number of sulfonamides is 2. The predicted octanol–water partition coefficient (Wildman–Crippen LogP) is 2.11. The summed E-state index contributed by atoms with van der Waals surface area (Å²) in [6.45, 7) is 0.288. The van der Waals surface area contributed by atoms with E-state index in [1.807, 2.05) is 0 Å². The van der Waals surface area contributed by atoms with Gasteiger partial charge in [-0.3, -0.25) is 4.31 Å². The van der Waals surface area contributed by atoms with Gasteiger partial charge in [0.25, 0.3) is 10.0 Å². The molecule has 9 heteroatoms. The number of nitrogens with one attached hydrogen (secondary N) is 1. The lowest BCUT2D eigenvalue weighted by Crippen LogP contribution is -2.29. The minimum atomic E-state index is -3.68. The molecule has 2 aromatic carbocycles. The lowest BCUT2D eigenvalue weighted by Gasteiger charge is -2.19. The van der Waals surface area contributed by atoms with Crippen molar-refractivity contribution >= 4 is 41.7 Å². The highest BCUT2D eigenvalue weighted by molar-refractivity contribution is 9.10. The average molecular weight is 431 g/mol. The van der Waals surface area contributed by atoms with Crippen LogP contribution < -0.4 is 9.03 Å². The summed E-state index contributed by atoms with van der Waals surface area (Å²) >= 11 is 3.28. The molecule has 1 N–H and O–H groups in total. The van der Waals surface area contributed by atoms with Crippen LogP contribution in [0.1, 0.15) is 5.56 Å². The number of fused-ring (bicyclic) bond motifs is 1. The first-order valence-corrected chi connectivity index (χ1v) is 10.8. The molecule has 0 saturated carbocycles. The first-order valence-electron chi connectivity index (χ1n) is 7.10. The lowest BCUT2D eigenvalue weighted by molar-refractivity contribution is 0.587. The standard InChI is InChI=1S/C15H15BrN2O4S2/c1-17-23(19,20)14-6-7-15-11(10-14)8-9-18(15)24(21,22)13-4-2-12(16)3-5-13/h2-7,10,17H,8-9H2,1H3. The van der Waals surface area contributed by atoms with Crippen LogP contribution in [0, 0.1) is 0 Å². The zero-order valence-electron chi connectivity index (χ0n) is 12.7. The van der Waals surface area contributed by atoms with E-state index in [0.717, 1.165) is 4.47 Å². The fraction of sp³-hybridized carbons (Fsp3) is 0.200. The van der Waals surface area contributed by atoms with Gasteiger partial charge < -0.3 is 0 Å². The summed E-state index contributed by atoms with van der Waals surface area (Å²) in [6, 6.07) is 10.9. The van der Waals surface area contributed by atoms with Gasteiger partial charge in [-0.05, 0) is 61.5 Å². The highest BCUT2D eigenvalue weighted by atomic mass is 79.9. The number of benzene rings is 2.